The van der Waals surface area contributed by atoms with Gasteiger partial charge < -0.3 is 14.2 Å². The van der Waals surface area contributed by atoms with Crippen LogP contribution in [0.3, 0.4) is 0 Å². The van der Waals surface area contributed by atoms with E-state index in [1.807, 2.05) is 54.6 Å². The molecule has 3 rings (SSSR count). The minimum absolute atomic E-state index is 0.333. The number of carbonyl (C=O) groups is 1. The standard InChI is InChI=1S/C27H26O4/c1-20(14-15-23-10-5-4-8-21(23)2)18-30-25-12-7-13-26(17-25)31-19-22-9-6-11-24(16-22)27(28)29-3/h4-17H,1,18-19H2,2-3H3/b15-14-. The summed E-state index contributed by atoms with van der Waals surface area (Å²) in [5.41, 5.74) is 4.63. The van der Waals surface area contributed by atoms with Crippen molar-refractivity contribution >= 4 is 12.0 Å². The summed E-state index contributed by atoms with van der Waals surface area (Å²) in [5, 5.41) is 0. The monoisotopic (exact) mass is 414 g/mol. The van der Waals surface area contributed by atoms with E-state index in [4.69, 9.17) is 14.2 Å². The number of aryl methyl sites for hydroxylation is 1. The van der Waals surface area contributed by atoms with Gasteiger partial charge in [0.05, 0.1) is 12.7 Å². The van der Waals surface area contributed by atoms with Crippen LogP contribution in [0, 0.1) is 6.92 Å². The van der Waals surface area contributed by atoms with Gasteiger partial charge in [0.1, 0.15) is 24.7 Å². The van der Waals surface area contributed by atoms with Crippen LogP contribution >= 0.6 is 0 Å². The Morgan fingerprint density at radius 3 is 2.45 bits per heavy atom. The van der Waals surface area contributed by atoms with Crippen molar-refractivity contribution in [3.05, 3.63) is 113 Å². The van der Waals surface area contributed by atoms with Gasteiger partial charge in [-0.3, -0.25) is 0 Å². The van der Waals surface area contributed by atoms with Gasteiger partial charge in [-0.2, -0.15) is 0 Å². The molecule has 0 bridgehead atoms. The summed E-state index contributed by atoms with van der Waals surface area (Å²) in [6.07, 6.45) is 4.01. The highest BCUT2D eigenvalue weighted by atomic mass is 16.5. The second-order valence-corrected chi connectivity index (χ2v) is 7.09. The normalized spacial score (nSPS) is 10.6. The van der Waals surface area contributed by atoms with Gasteiger partial charge in [-0.15, -0.1) is 0 Å². The van der Waals surface area contributed by atoms with E-state index in [9.17, 15) is 4.79 Å². The Kier molecular flexibility index (Phi) is 7.66. The summed E-state index contributed by atoms with van der Waals surface area (Å²) in [6.45, 7) is 6.86. The lowest BCUT2D eigenvalue weighted by molar-refractivity contribution is 0.0600. The van der Waals surface area contributed by atoms with E-state index in [1.54, 1.807) is 18.2 Å². The van der Waals surface area contributed by atoms with Crippen LogP contribution in [0.4, 0.5) is 0 Å². The van der Waals surface area contributed by atoms with Crippen molar-refractivity contribution in [2.75, 3.05) is 13.7 Å². The predicted octanol–water partition coefficient (Wildman–Crippen LogP) is 6.01. The molecule has 0 amide bonds. The van der Waals surface area contributed by atoms with E-state index in [-0.39, 0.29) is 5.97 Å². The second-order valence-electron chi connectivity index (χ2n) is 7.09. The van der Waals surface area contributed by atoms with Gasteiger partial charge in [0.25, 0.3) is 0 Å². The molecule has 4 nitrogen and oxygen atoms in total. The quantitative estimate of drug-likeness (QED) is 0.318. The van der Waals surface area contributed by atoms with Crippen LogP contribution in [0.25, 0.3) is 6.08 Å². The number of hydrogen-bond acceptors (Lipinski definition) is 4. The molecule has 3 aromatic carbocycles. The zero-order valence-electron chi connectivity index (χ0n) is 17.8. The topological polar surface area (TPSA) is 44.8 Å². The lowest BCUT2D eigenvalue weighted by atomic mass is 10.1. The van der Waals surface area contributed by atoms with Gasteiger partial charge in [-0.05, 0) is 53.5 Å². The largest absolute Gasteiger partial charge is 0.489 e. The third kappa shape index (κ3) is 6.61. The zero-order chi connectivity index (χ0) is 22.1. The third-order valence-corrected chi connectivity index (χ3v) is 4.67. The van der Waals surface area contributed by atoms with Gasteiger partial charge in [0, 0.05) is 6.07 Å². The van der Waals surface area contributed by atoms with Crippen LogP contribution in [0.5, 0.6) is 11.5 Å². The Bertz CT molecular complexity index is 1080. The molecule has 158 valence electrons. The first-order valence-corrected chi connectivity index (χ1v) is 9.99. The minimum atomic E-state index is -0.367. The smallest absolute Gasteiger partial charge is 0.337 e. The fourth-order valence-corrected chi connectivity index (χ4v) is 2.93. The molecule has 0 aliphatic rings. The SMILES string of the molecule is C=C(/C=C\c1ccccc1C)COc1cccc(OCc2cccc(C(=O)OC)c2)c1. The van der Waals surface area contributed by atoms with Crippen LogP contribution < -0.4 is 9.47 Å². The van der Waals surface area contributed by atoms with E-state index < -0.39 is 0 Å². The number of benzene rings is 3. The predicted molar refractivity (Wildman–Crippen MR) is 123 cm³/mol. The van der Waals surface area contributed by atoms with Crippen LogP contribution in [0.15, 0.2) is 91.0 Å². The van der Waals surface area contributed by atoms with Gasteiger partial charge in [-0.1, -0.05) is 61.2 Å². The molecule has 31 heavy (non-hydrogen) atoms. The van der Waals surface area contributed by atoms with Gasteiger partial charge in [0.15, 0.2) is 0 Å². The Balaban J connectivity index is 1.54. The molecule has 0 aliphatic heterocycles. The summed E-state index contributed by atoms with van der Waals surface area (Å²) in [6, 6.07) is 22.8. The molecule has 4 heteroatoms. The van der Waals surface area contributed by atoms with Crippen LogP contribution in [-0.4, -0.2) is 19.7 Å². The lowest BCUT2D eigenvalue weighted by Gasteiger charge is -2.10. The number of hydrogen-bond donors (Lipinski definition) is 0. The Morgan fingerprint density at radius 2 is 1.68 bits per heavy atom. The molecule has 0 heterocycles. The molecule has 3 aromatic rings. The molecule has 0 aliphatic carbocycles. The van der Waals surface area contributed by atoms with E-state index in [1.165, 1.54) is 12.7 Å². The molecule has 0 unspecified atom stereocenters. The Labute approximate surface area is 183 Å². The highest BCUT2D eigenvalue weighted by Crippen LogP contribution is 2.21. The van der Waals surface area contributed by atoms with Crippen LogP contribution in [-0.2, 0) is 11.3 Å². The van der Waals surface area contributed by atoms with E-state index in [0.717, 1.165) is 16.7 Å². The average molecular weight is 415 g/mol. The molecular weight excluding hydrogens is 388 g/mol. The van der Waals surface area contributed by atoms with Crippen molar-refractivity contribution in [1.29, 1.82) is 0 Å². The van der Waals surface area contributed by atoms with Crippen molar-refractivity contribution in [3.8, 4) is 11.5 Å². The molecule has 0 N–H and O–H groups in total. The highest BCUT2D eigenvalue weighted by molar-refractivity contribution is 5.89. The Morgan fingerprint density at radius 1 is 0.935 bits per heavy atom. The van der Waals surface area contributed by atoms with Crippen LogP contribution in [0.1, 0.15) is 27.0 Å². The first-order valence-electron chi connectivity index (χ1n) is 9.99. The van der Waals surface area contributed by atoms with Crippen LogP contribution in [0.2, 0.25) is 0 Å². The van der Waals surface area contributed by atoms with Gasteiger partial charge in [-0.25, -0.2) is 4.79 Å². The summed E-state index contributed by atoms with van der Waals surface area (Å²) in [7, 11) is 1.37. The molecule has 0 fully saturated rings. The molecule has 0 spiro atoms. The summed E-state index contributed by atoms with van der Waals surface area (Å²) in [4.78, 5) is 11.7. The fourth-order valence-electron chi connectivity index (χ4n) is 2.93. The number of ether oxygens (including phenoxy) is 3. The number of rotatable bonds is 9. The van der Waals surface area contributed by atoms with E-state index >= 15 is 0 Å². The summed E-state index contributed by atoms with van der Waals surface area (Å²) >= 11 is 0. The molecule has 0 aromatic heterocycles. The van der Waals surface area contributed by atoms with Crippen molar-refractivity contribution < 1.29 is 19.0 Å². The zero-order valence-corrected chi connectivity index (χ0v) is 17.8. The van der Waals surface area contributed by atoms with E-state index in [0.29, 0.717) is 30.3 Å². The van der Waals surface area contributed by atoms with Gasteiger partial charge >= 0.3 is 5.97 Å². The van der Waals surface area contributed by atoms with E-state index in [2.05, 4.69) is 25.6 Å². The highest BCUT2D eigenvalue weighted by Gasteiger charge is 2.06. The summed E-state index contributed by atoms with van der Waals surface area (Å²) < 4.78 is 16.5. The maximum Gasteiger partial charge on any atom is 0.337 e. The lowest BCUT2D eigenvalue weighted by Crippen LogP contribution is -2.03. The first kappa shape index (κ1) is 21.9. The van der Waals surface area contributed by atoms with Crippen molar-refractivity contribution in [3.63, 3.8) is 0 Å². The maximum absolute atomic E-state index is 11.7. The molecular formula is C27H26O4. The first-order chi connectivity index (χ1) is 15.0. The molecule has 0 atom stereocenters. The van der Waals surface area contributed by atoms with Crippen molar-refractivity contribution in [2.24, 2.45) is 0 Å². The number of carbonyl (C=O) groups excluding carboxylic acids is 1. The maximum atomic E-state index is 11.7. The molecule has 0 saturated carbocycles. The van der Waals surface area contributed by atoms with Crippen molar-refractivity contribution in [1.82, 2.24) is 0 Å². The Hall–Kier alpha value is -3.79. The number of esters is 1. The molecule has 0 radical (unpaired) electrons. The number of methoxy groups -OCH3 is 1. The third-order valence-electron chi connectivity index (χ3n) is 4.67. The van der Waals surface area contributed by atoms with Crippen molar-refractivity contribution in [2.45, 2.75) is 13.5 Å². The average Bonchev–Trinajstić information content (AvgIpc) is 2.81. The summed E-state index contributed by atoms with van der Waals surface area (Å²) in [5.74, 6) is 1.02. The second kappa shape index (κ2) is 10.8. The van der Waals surface area contributed by atoms with Gasteiger partial charge in [0.2, 0.25) is 0 Å². The minimum Gasteiger partial charge on any atom is -0.489 e. The fraction of sp³-hybridized carbons (Fsp3) is 0.148. The molecule has 0 saturated heterocycles.